The summed E-state index contributed by atoms with van der Waals surface area (Å²) in [6.45, 7) is 5.56. The molecule has 0 saturated carbocycles. The third kappa shape index (κ3) is 3.03. The molecule has 21 heavy (non-hydrogen) atoms. The largest absolute Gasteiger partial charge is 0.489 e. The molecule has 1 heterocycles. The van der Waals surface area contributed by atoms with Crippen molar-refractivity contribution in [1.82, 2.24) is 0 Å². The van der Waals surface area contributed by atoms with Crippen molar-refractivity contribution in [1.29, 1.82) is 0 Å². The summed E-state index contributed by atoms with van der Waals surface area (Å²) in [5.74, 6) is 1.99. The molecule has 3 heteroatoms. The van der Waals surface area contributed by atoms with E-state index >= 15 is 0 Å². The molecule has 0 amide bonds. The van der Waals surface area contributed by atoms with Gasteiger partial charge in [-0.25, -0.2) is 0 Å². The summed E-state index contributed by atoms with van der Waals surface area (Å²) in [5.41, 5.74) is 9.74. The molecule has 0 bridgehead atoms. The van der Waals surface area contributed by atoms with Crippen LogP contribution in [0.1, 0.15) is 29.7 Å². The maximum Gasteiger partial charge on any atom is 0.161 e. The standard InChI is InChI=1S/C18H21NO2/c1-12-3-5-14(6-4-12)18(19)15-7-8-16-17(9-15)21-11-13(2)10-20-16/h3-9,13,18H,10-11,19H2,1-2H3. The number of hydrogen-bond donors (Lipinski definition) is 1. The maximum atomic E-state index is 6.37. The van der Waals surface area contributed by atoms with Gasteiger partial charge in [-0.15, -0.1) is 0 Å². The van der Waals surface area contributed by atoms with Crippen molar-refractivity contribution in [3.05, 3.63) is 59.2 Å². The van der Waals surface area contributed by atoms with Crippen LogP contribution in [0.15, 0.2) is 42.5 Å². The van der Waals surface area contributed by atoms with E-state index in [1.54, 1.807) is 0 Å². The summed E-state index contributed by atoms with van der Waals surface area (Å²) in [4.78, 5) is 0. The lowest BCUT2D eigenvalue weighted by Gasteiger charge is -2.15. The second-order valence-electron chi connectivity index (χ2n) is 5.82. The summed E-state index contributed by atoms with van der Waals surface area (Å²) in [6.07, 6.45) is 0. The molecule has 2 unspecified atom stereocenters. The van der Waals surface area contributed by atoms with Crippen LogP contribution in [-0.2, 0) is 0 Å². The van der Waals surface area contributed by atoms with Gasteiger partial charge in [-0.3, -0.25) is 0 Å². The molecule has 2 atom stereocenters. The molecule has 1 aliphatic rings. The average molecular weight is 283 g/mol. The molecular formula is C18H21NO2. The van der Waals surface area contributed by atoms with Gasteiger partial charge in [0.25, 0.3) is 0 Å². The quantitative estimate of drug-likeness (QED) is 0.918. The van der Waals surface area contributed by atoms with Gasteiger partial charge < -0.3 is 15.2 Å². The van der Waals surface area contributed by atoms with Crippen LogP contribution in [0, 0.1) is 12.8 Å². The predicted molar refractivity (Wildman–Crippen MR) is 83.8 cm³/mol. The Bertz CT molecular complexity index is 622. The number of ether oxygens (including phenoxy) is 2. The zero-order chi connectivity index (χ0) is 14.8. The number of hydrogen-bond acceptors (Lipinski definition) is 3. The third-order valence-corrected chi connectivity index (χ3v) is 3.81. The molecule has 110 valence electrons. The molecule has 0 fully saturated rings. The molecule has 3 rings (SSSR count). The highest BCUT2D eigenvalue weighted by Gasteiger charge is 2.17. The van der Waals surface area contributed by atoms with Gasteiger partial charge in [0.05, 0.1) is 19.3 Å². The van der Waals surface area contributed by atoms with E-state index in [4.69, 9.17) is 15.2 Å². The SMILES string of the molecule is Cc1ccc(C(N)c2ccc3c(c2)OCC(C)CO3)cc1. The van der Waals surface area contributed by atoms with Gasteiger partial charge in [0.1, 0.15) is 0 Å². The Morgan fingerprint density at radius 2 is 1.57 bits per heavy atom. The van der Waals surface area contributed by atoms with Crippen LogP contribution in [0.25, 0.3) is 0 Å². The van der Waals surface area contributed by atoms with Crippen molar-refractivity contribution >= 4 is 0 Å². The van der Waals surface area contributed by atoms with Gasteiger partial charge in [0.15, 0.2) is 11.5 Å². The van der Waals surface area contributed by atoms with Crippen molar-refractivity contribution in [2.75, 3.05) is 13.2 Å². The molecule has 2 N–H and O–H groups in total. The highest BCUT2D eigenvalue weighted by Crippen LogP contribution is 2.34. The molecule has 0 radical (unpaired) electrons. The summed E-state index contributed by atoms with van der Waals surface area (Å²) < 4.78 is 11.6. The maximum absolute atomic E-state index is 6.37. The highest BCUT2D eigenvalue weighted by molar-refractivity contribution is 5.46. The molecule has 0 spiro atoms. The second-order valence-corrected chi connectivity index (χ2v) is 5.82. The van der Waals surface area contributed by atoms with E-state index < -0.39 is 0 Å². The molecule has 0 aliphatic carbocycles. The first-order valence-electron chi connectivity index (χ1n) is 7.35. The van der Waals surface area contributed by atoms with Gasteiger partial charge in [0.2, 0.25) is 0 Å². The molecule has 0 saturated heterocycles. The van der Waals surface area contributed by atoms with E-state index in [9.17, 15) is 0 Å². The Morgan fingerprint density at radius 1 is 0.952 bits per heavy atom. The van der Waals surface area contributed by atoms with Gasteiger partial charge in [-0.05, 0) is 30.2 Å². The van der Waals surface area contributed by atoms with E-state index in [1.807, 2.05) is 18.2 Å². The number of aryl methyl sites for hydroxylation is 1. The lowest BCUT2D eigenvalue weighted by atomic mass is 9.98. The number of nitrogens with two attached hydrogens (primary N) is 1. The molecule has 3 nitrogen and oxygen atoms in total. The van der Waals surface area contributed by atoms with Gasteiger partial charge in [0, 0.05) is 5.92 Å². The Balaban J connectivity index is 1.88. The lowest BCUT2D eigenvalue weighted by Crippen LogP contribution is -2.12. The normalized spacial score (nSPS) is 18.9. The number of benzene rings is 2. The van der Waals surface area contributed by atoms with Gasteiger partial charge in [-0.2, -0.15) is 0 Å². The van der Waals surface area contributed by atoms with E-state index in [0.29, 0.717) is 19.1 Å². The minimum absolute atomic E-state index is 0.153. The van der Waals surface area contributed by atoms with Crippen LogP contribution >= 0.6 is 0 Å². The van der Waals surface area contributed by atoms with Crippen LogP contribution in [-0.4, -0.2) is 13.2 Å². The Hall–Kier alpha value is -2.00. The molecule has 1 aliphatic heterocycles. The highest BCUT2D eigenvalue weighted by atomic mass is 16.5. The number of fused-ring (bicyclic) bond motifs is 1. The number of rotatable bonds is 2. The predicted octanol–water partition coefficient (Wildman–Crippen LogP) is 3.45. The van der Waals surface area contributed by atoms with Crippen molar-refractivity contribution < 1.29 is 9.47 Å². The fourth-order valence-electron chi connectivity index (χ4n) is 2.43. The molecule has 2 aromatic rings. The molecule has 0 aromatic heterocycles. The topological polar surface area (TPSA) is 44.5 Å². The van der Waals surface area contributed by atoms with Crippen LogP contribution < -0.4 is 15.2 Å². The minimum atomic E-state index is -0.153. The first-order chi connectivity index (χ1) is 10.1. The Kier molecular flexibility index (Phi) is 3.84. The van der Waals surface area contributed by atoms with E-state index in [2.05, 4.69) is 38.1 Å². The van der Waals surface area contributed by atoms with E-state index in [-0.39, 0.29) is 6.04 Å². The summed E-state index contributed by atoms with van der Waals surface area (Å²) in [5, 5.41) is 0. The average Bonchev–Trinajstić information content (AvgIpc) is 2.69. The smallest absolute Gasteiger partial charge is 0.161 e. The molecular weight excluding hydrogens is 262 g/mol. The van der Waals surface area contributed by atoms with Crippen LogP contribution in [0.3, 0.4) is 0 Å². The third-order valence-electron chi connectivity index (χ3n) is 3.81. The van der Waals surface area contributed by atoms with E-state index in [0.717, 1.165) is 22.6 Å². The van der Waals surface area contributed by atoms with Crippen molar-refractivity contribution in [2.45, 2.75) is 19.9 Å². The van der Waals surface area contributed by atoms with Crippen LogP contribution in [0.4, 0.5) is 0 Å². The Morgan fingerprint density at radius 3 is 2.29 bits per heavy atom. The zero-order valence-corrected chi connectivity index (χ0v) is 12.5. The van der Waals surface area contributed by atoms with Gasteiger partial charge >= 0.3 is 0 Å². The lowest BCUT2D eigenvalue weighted by molar-refractivity contribution is 0.228. The van der Waals surface area contributed by atoms with Gasteiger partial charge in [-0.1, -0.05) is 42.8 Å². The first kappa shape index (κ1) is 14.0. The van der Waals surface area contributed by atoms with Crippen molar-refractivity contribution in [3.8, 4) is 11.5 Å². The summed E-state index contributed by atoms with van der Waals surface area (Å²) in [7, 11) is 0. The van der Waals surface area contributed by atoms with Crippen molar-refractivity contribution in [3.63, 3.8) is 0 Å². The van der Waals surface area contributed by atoms with Crippen molar-refractivity contribution in [2.24, 2.45) is 11.7 Å². The minimum Gasteiger partial charge on any atom is -0.489 e. The monoisotopic (exact) mass is 283 g/mol. The molecule has 2 aromatic carbocycles. The first-order valence-corrected chi connectivity index (χ1v) is 7.35. The fourth-order valence-corrected chi connectivity index (χ4v) is 2.43. The second kappa shape index (κ2) is 5.78. The fraction of sp³-hybridized carbons (Fsp3) is 0.333. The van der Waals surface area contributed by atoms with E-state index in [1.165, 1.54) is 5.56 Å². The summed E-state index contributed by atoms with van der Waals surface area (Å²) >= 11 is 0. The van der Waals surface area contributed by atoms with Crippen LogP contribution in [0.5, 0.6) is 11.5 Å². The van der Waals surface area contributed by atoms with Crippen LogP contribution in [0.2, 0.25) is 0 Å². The summed E-state index contributed by atoms with van der Waals surface area (Å²) in [6, 6.07) is 14.1. The zero-order valence-electron chi connectivity index (χ0n) is 12.5. The Labute approximate surface area is 125 Å².